The second-order valence-electron chi connectivity index (χ2n) is 4.73. The Morgan fingerprint density at radius 1 is 1.29 bits per heavy atom. The molecule has 0 aromatic carbocycles. The number of aromatic nitrogens is 2. The lowest BCUT2D eigenvalue weighted by Gasteiger charge is -2.13. The molecule has 2 aromatic heterocycles. The molecule has 1 amide bonds. The number of nitrogens with one attached hydrogen (secondary N) is 1. The average molecular weight is 286 g/mol. The lowest BCUT2D eigenvalue weighted by atomic mass is 10.2. The second-order valence-corrected chi connectivity index (χ2v) is 4.73. The Kier molecular flexibility index (Phi) is 4.37. The Hall–Kier alpha value is -2.63. The second kappa shape index (κ2) is 6.21. The van der Waals surface area contributed by atoms with Gasteiger partial charge < -0.3 is 15.0 Å². The Labute approximate surface area is 123 Å². The summed E-state index contributed by atoms with van der Waals surface area (Å²) in [6.45, 7) is 1.81. The molecule has 0 fully saturated rings. The molecule has 0 aliphatic rings. The zero-order valence-corrected chi connectivity index (χ0v) is 12.5. The third-order valence-electron chi connectivity index (χ3n) is 3.01. The number of carbonyl (C=O) groups excluding carboxylic acids is 1. The first kappa shape index (κ1) is 14.8. The molecule has 6 heteroatoms. The molecule has 1 N–H and O–H groups in total. The molecule has 110 valence electrons. The molecule has 0 radical (unpaired) electrons. The molecule has 0 bridgehead atoms. The molecule has 0 aliphatic carbocycles. The summed E-state index contributed by atoms with van der Waals surface area (Å²) in [7, 11) is 5.37. The zero-order chi connectivity index (χ0) is 15.4. The van der Waals surface area contributed by atoms with Crippen molar-refractivity contribution in [3.8, 4) is 5.88 Å². The van der Waals surface area contributed by atoms with E-state index in [4.69, 9.17) is 4.74 Å². The number of anilines is 2. The number of pyridine rings is 2. The normalized spacial score (nSPS) is 10.1. The number of methoxy groups -OCH3 is 1. The van der Waals surface area contributed by atoms with Crippen molar-refractivity contribution in [3.05, 3.63) is 41.9 Å². The molecular formula is C15H18N4O2. The lowest BCUT2D eigenvalue weighted by molar-refractivity contribution is 0.102. The maximum absolute atomic E-state index is 12.2. The van der Waals surface area contributed by atoms with E-state index in [0.29, 0.717) is 23.0 Å². The summed E-state index contributed by atoms with van der Waals surface area (Å²) >= 11 is 0. The van der Waals surface area contributed by atoms with E-state index in [1.165, 1.54) is 0 Å². The maximum Gasteiger partial charge on any atom is 0.274 e. The van der Waals surface area contributed by atoms with Crippen molar-refractivity contribution in [2.24, 2.45) is 0 Å². The summed E-state index contributed by atoms with van der Waals surface area (Å²) in [5.41, 5.74) is 2.60. The Morgan fingerprint density at radius 2 is 2.05 bits per heavy atom. The van der Waals surface area contributed by atoms with E-state index >= 15 is 0 Å². The van der Waals surface area contributed by atoms with E-state index in [-0.39, 0.29) is 5.91 Å². The van der Waals surface area contributed by atoms with Gasteiger partial charge in [0.1, 0.15) is 5.69 Å². The van der Waals surface area contributed by atoms with Crippen LogP contribution < -0.4 is 15.0 Å². The van der Waals surface area contributed by atoms with Gasteiger partial charge in [-0.25, -0.2) is 4.98 Å². The van der Waals surface area contributed by atoms with Crippen molar-refractivity contribution in [2.75, 3.05) is 31.4 Å². The predicted molar refractivity (Wildman–Crippen MR) is 82.0 cm³/mol. The number of nitrogens with zero attached hydrogens (tertiary/aromatic N) is 3. The van der Waals surface area contributed by atoms with Crippen LogP contribution in [0, 0.1) is 6.92 Å². The summed E-state index contributed by atoms with van der Waals surface area (Å²) < 4.78 is 5.04. The molecule has 2 rings (SSSR count). The highest BCUT2D eigenvalue weighted by Crippen LogP contribution is 2.18. The smallest absolute Gasteiger partial charge is 0.274 e. The van der Waals surface area contributed by atoms with E-state index in [2.05, 4.69) is 15.3 Å². The monoisotopic (exact) mass is 286 g/mol. The molecule has 0 aliphatic heterocycles. The molecule has 0 unspecified atom stereocenters. The van der Waals surface area contributed by atoms with Gasteiger partial charge in [0.25, 0.3) is 5.91 Å². The van der Waals surface area contributed by atoms with E-state index in [1.54, 1.807) is 31.5 Å². The average Bonchev–Trinajstić information content (AvgIpc) is 2.49. The van der Waals surface area contributed by atoms with Gasteiger partial charge in [-0.3, -0.25) is 9.78 Å². The fraction of sp³-hybridized carbons (Fsp3) is 0.267. The van der Waals surface area contributed by atoms with Gasteiger partial charge in [-0.05, 0) is 25.1 Å². The molecule has 0 atom stereocenters. The van der Waals surface area contributed by atoms with Crippen molar-refractivity contribution < 1.29 is 9.53 Å². The number of hydrogen-bond donors (Lipinski definition) is 1. The highest BCUT2D eigenvalue weighted by Gasteiger charge is 2.11. The number of carbonyl (C=O) groups is 1. The summed E-state index contributed by atoms with van der Waals surface area (Å²) in [6, 6.07) is 7.04. The van der Waals surface area contributed by atoms with Crippen molar-refractivity contribution in [2.45, 2.75) is 6.92 Å². The Morgan fingerprint density at radius 3 is 2.67 bits per heavy atom. The van der Waals surface area contributed by atoms with Gasteiger partial charge in [-0.2, -0.15) is 0 Å². The number of rotatable bonds is 4. The van der Waals surface area contributed by atoms with Gasteiger partial charge in [-0.1, -0.05) is 0 Å². The highest BCUT2D eigenvalue weighted by molar-refractivity contribution is 6.03. The minimum absolute atomic E-state index is 0.270. The van der Waals surface area contributed by atoms with Crippen molar-refractivity contribution in [3.63, 3.8) is 0 Å². The summed E-state index contributed by atoms with van der Waals surface area (Å²) in [5.74, 6) is 0.243. The molecule has 21 heavy (non-hydrogen) atoms. The lowest BCUT2D eigenvalue weighted by Crippen LogP contribution is -2.16. The van der Waals surface area contributed by atoms with Crippen LogP contribution in [0.2, 0.25) is 0 Å². The van der Waals surface area contributed by atoms with E-state index < -0.39 is 0 Å². The molecule has 2 heterocycles. The highest BCUT2D eigenvalue weighted by atomic mass is 16.5. The largest absolute Gasteiger partial charge is 0.481 e. The molecule has 0 spiro atoms. The quantitative estimate of drug-likeness (QED) is 0.932. The van der Waals surface area contributed by atoms with Crippen LogP contribution in [0.4, 0.5) is 11.4 Å². The minimum atomic E-state index is -0.270. The third kappa shape index (κ3) is 3.47. The van der Waals surface area contributed by atoms with Gasteiger partial charge >= 0.3 is 0 Å². The van der Waals surface area contributed by atoms with Gasteiger partial charge in [0.05, 0.1) is 18.5 Å². The van der Waals surface area contributed by atoms with Crippen molar-refractivity contribution in [1.29, 1.82) is 0 Å². The number of amides is 1. The Balaban J connectivity index is 2.20. The van der Waals surface area contributed by atoms with E-state index in [1.807, 2.05) is 32.0 Å². The van der Waals surface area contributed by atoms with Crippen molar-refractivity contribution >= 4 is 17.3 Å². The SMILES string of the molecule is COc1ccc(NC(=O)c2cc(N(C)C)ccn2)c(C)n1. The van der Waals surface area contributed by atoms with Gasteiger partial charge in [-0.15, -0.1) is 0 Å². The van der Waals surface area contributed by atoms with Crippen LogP contribution >= 0.6 is 0 Å². The van der Waals surface area contributed by atoms with Crippen LogP contribution in [-0.2, 0) is 0 Å². The molecule has 2 aromatic rings. The third-order valence-corrected chi connectivity index (χ3v) is 3.01. The number of ether oxygens (including phenoxy) is 1. The van der Waals surface area contributed by atoms with Crippen LogP contribution in [0.5, 0.6) is 5.88 Å². The van der Waals surface area contributed by atoms with Gasteiger partial charge in [0.15, 0.2) is 0 Å². The topological polar surface area (TPSA) is 67.3 Å². The first-order chi connectivity index (χ1) is 10.0. The molecule has 6 nitrogen and oxygen atoms in total. The molecule has 0 saturated heterocycles. The van der Waals surface area contributed by atoms with Crippen LogP contribution in [0.15, 0.2) is 30.5 Å². The first-order valence-electron chi connectivity index (χ1n) is 6.47. The summed E-state index contributed by atoms with van der Waals surface area (Å²) in [6.07, 6.45) is 1.61. The summed E-state index contributed by atoms with van der Waals surface area (Å²) in [5, 5.41) is 2.81. The first-order valence-corrected chi connectivity index (χ1v) is 6.47. The standard InChI is InChI=1S/C15H18N4O2/c1-10-12(5-6-14(17-10)21-4)18-15(20)13-9-11(19(2)3)7-8-16-13/h5-9H,1-4H3,(H,18,20). The van der Waals surface area contributed by atoms with E-state index in [0.717, 1.165) is 5.69 Å². The molecule has 0 saturated carbocycles. The zero-order valence-electron chi connectivity index (χ0n) is 12.5. The fourth-order valence-electron chi connectivity index (χ4n) is 1.79. The van der Waals surface area contributed by atoms with E-state index in [9.17, 15) is 4.79 Å². The minimum Gasteiger partial charge on any atom is -0.481 e. The summed E-state index contributed by atoms with van der Waals surface area (Å²) in [4.78, 5) is 22.5. The predicted octanol–water partition coefficient (Wildman–Crippen LogP) is 2.11. The maximum atomic E-state index is 12.2. The fourth-order valence-corrected chi connectivity index (χ4v) is 1.79. The number of aryl methyl sites for hydroxylation is 1. The van der Waals surface area contributed by atoms with Crippen LogP contribution in [0.25, 0.3) is 0 Å². The number of hydrogen-bond acceptors (Lipinski definition) is 5. The van der Waals surface area contributed by atoms with Crippen LogP contribution in [0.1, 0.15) is 16.2 Å². The van der Waals surface area contributed by atoms with Crippen LogP contribution in [0.3, 0.4) is 0 Å². The Bertz CT molecular complexity index is 656. The van der Waals surface area contributed by atoms with Crippen molar-refractivity contribution in [1.82, 2.24) is 9.97 Å². The molecular weight excluding hydrogens is 268 g/mol. The van der Waals surface area contributed by atoms with Gasteiger partial charge in [0.2, 0.25) is 5.88 Å². The van der Waals surface area contributed by atoms with Gasteiger partial charge in [0, 0.05) is 32.0 Å². The van der Waals surface area contributed by atoms with Crippen LogP contribution in [-0.4, -0.2) is 37.1 Å².